The van der Waals surface area contributed by atoms with Crippen molar-refractivity contribution in [3.63, 3.8) is 0 Å². The summed E-state index contributed by atoms with van der Waals surface area (Å²) in [5.41, 5.74) is 0.902. The van der Waals surface area contributed by atoms with Crippen molar-refractivity contribution < 1.29 is 13.5 Å². The van der Waals surface area contributed by atoms with Crippen LogP contribution in [-0.4, -0.2) is 30.9 Å². The number of hydrogen-bond acceptors (Lipinski definition) is 4. The minimum Gasteiger partial charge on any atom is -0.391 e. The van der Waals surface area contributed by atoms with E-state index in [1.807, 2.05) is 6.92 Å². The van der Waals surface area contributed by atoms with Crippen LogP contribution >= 0.6 is 11.3 Å². The van der Waals surface area contributed by atoms with Crippen LogP contribution < -0.4 is 0 Å². The Morgan fingerprint density at radius 3 is 2.61 bits per heavy atom. The predicted molar refractivity (Wildman–Crippen MR) is 72.1 cm³/mol. The number of hydrogen-bond donors (Lipinski definition) is 1. The zero-order chi connectivity index (χ0) is 13.6. The quantitative estimate of drug-likeness (QED) is 0.925. The molecular formula is C12H19NO3S2. The molecule has 2 heterocycles. The molecule has 1 aliphatic rings. The van der Waals surface area contributed by atoms with E-state index in [0.717, 1.165) is 16.9 Å². The van der Waals surface area contributed by atoms with E-state index in [-0.39, 0.29) is 12.0 Å². The summed E-state index contributed by atoms with van der Waals surface area (Å²) in [4.78, 5) is 0.729. The number of nitrogens with zero attached hydrogens (tertiary/aromatic N) is 1. The van der Waals surface area contributed by atoms with Crippen LogP contribution in [0.15, 0.2) is 10.3 Å². The van der Waals surface area contributed by atoms with Crippen molar-refractivity contribution in [1.82, 2.24) is 4.31 Å². The Balaban J connectivity index is 2.31. The highest BCUT2D eigenvalue weighted by atomic mass is 32.2. The Kier molecular flexibility index (Phi) is 3.57. The first-order valence-corrected chi connectivity index (χ1v) is 8.22. The van der Waals surface area contributed by atoms with Gasteiger partial charge in [-0.15, -0.1) is 11.3 Å². The van der Waals surface area contributed by atoms with Gasteiger partial charge in [-0.1, -0.05) is 13.8 Å². The highest BCUT2D eigenvalue weighted by Crippen LogP contribution is 2.35. The molecule has 0 saturated carbocycles. The monoisotopic (exact) mass is 289 g/mol. The first-order valence-electron chi connectivity index (χ1n) is 5.96. The molecule has 18 heavy (non-hydrogen) atoms. The van der Waals surface area contributed by atoms with Gasteiger partial charge in [0.1, 0.15) is 4.21 Å². The van der Waals surface area contributed by atoms with Crippen LogP contribution in [0.25, 0.3) is 0 Å². The van der Waals surface area contributed by atoms with Crippen molar-refractivity contribution >= 4 is 21.4 Å². The zero-order valence-electron chi connectivity index (χ0n) is 10.9. The van der Waals surface area contributed by atoms with E-state index in [4.69, 9.17) is 5.11 Å². The third-order valence-corrected chi connectivity index (χ3v) is 6.89. The average molecular weight is 289 g/mol. The highest BCUT2D eigenvalue weighted by Gasteiger charge is 2.37. The fourth-order valence-corrected chi connectivity index (χ4v) is 5.40. The largest absolute Gasteiger partial charge is 0.391 e. The van der Waals surface area contributed by atoms with Gasteiger partial charge in [0.05, 0.1) is 6.61 Å². The van der Waals surface area contributed by atoms with Crippen molar-refractivity contribution in [3.8, 4) is 0 Å². The molecule has 0 atom stereocenters. The molecule has 0 unspecified atom stereocenters. The zero-order valence-corrected chi connectivity index (χ0v) is 12.6. The Morgan fingerprint density at radius 2 is 2.17 bits per heavy atom. The van der Waals surface area contributed by atoms with Crippen molar-refractivity contribution in [2.75, 3.05) is 13.1 Å². The smallest absolute Gasteiger partial charge is 0.252 e. The van der Waals surface area contributed by atoms with E-state index < -0.39 is 10.0 Å². The van der Waals surface area contributed by atoms with Crippen molar-refractivity contribution in [1.29, 1.82) is 0 Å². The maximum Gasteiger partial charge on any atom is 0.252 e. The van der Waals surface area contributed by atoms with Crippen molar-refractivity contribution in [2.24, 2.45) is 5.41 Å². The van der Waals surface area contributed by atoms with Crippen LogP contribution in [0.2, 0.25) is 0 Å². The van der Waals surface area contributed by atoms with Crippen LogP contribution in [0.4, 0.5) is 0 Å². The second-order valence-corrected chi connectivity index (χ2v) is 8.88. The summed E-state index contributed by atoms with van der Waals surface area (Å²) in [6, 6.07) is 1.66. The third kappa shape index (κ3) is 2.47. The van der Waals surface area contributed by atoms with Gasteiger partial charge in [-0.05, 0) is 30.4 Å². The van der Waals surface area contributed by atoms with Gasteiger partial charge in [0.2, 0.25) is 0 Å². The molecule has 1 fully saturated rings. The summed E-state index contributed by atoms with van der Waals surface area (Å²) in [5.74, 6) is 0. The molecule has 1 N–H and O–H groups in total. The molecule has 102 valence electrons. The molecular weight excluding hydrogens is 270 g/mol. The van der Waals surface area contributed by atoms with Crippen LogP contribution in [0.5, 0.6) is 0 Å². The first-order chi connectivity index (χ1) is 8.26. The number of thiophene rings is 1. The number of aliphatic hydroxyl groups excluding tert-OH is 1. The molecule has 1 saturated heterocycles. The van der Waals surface area contributed by atoms with E-state index in [2.05, 4.69) is 13.8 Å². The van der Waals surface area contributed by atoms with Gasteiger partial charge in [0.15, 0.2) is 0 Å². The molecule has 2 rings (SSSR count). The van der Waals surface area contributed by atoms with Gasteiger partial charge in [-0.2, -0.15) is 4.31 Å². The number of aliphatic hydroxyl groups is 1. The molecule has 0 radical (unpaired) electrons. The Morgan fingerprint density at radius 1 is 1.50 bits per heavy atom. The molecule has 1 aliphatic heterocycles. The molecule has 1 aromatic rings. The fraction of sp³-hybridized carbons (Fsp3) is 0.667. The second-order valence-electron chi connectivity index (χ2n) is 5.58. The van der Waals surface area contributed by atoms with E-state index in [0.29, 0.717) is 17.3 Å². The van der Waals surface area contributed by atoms with E-state index >= 15 is 0 Å². The van der Waals surface area contributed by atoms with Crippen molar-refractivity contribution in [2.45, 2.75) is 38.0 Å². The van der Waals surface area contributed by atoms with E-state index in [1.54, 1.807) is 10.4 Å². The molecule has 0 bridgehead atoms. The Labute approximate surface area is 112 Å². The van der Waals surface area contributed by atoms with Gasteiger partial charge < -0.3 is 5.11 Å². The normalized spacial score (nSPS) is 20.4. The van der Waals surface area contributed by atoms with Crippen LogP contribution in [0.1, 0.15) is 30.7 Å². The lowest BCUT2D eigenvalue weighted by Crippen LogP contribution is -2.29. The maximum atomic E-state index is 12.5. The topological polar surface area (TPSA) is 57.6 Å². The van der Waals surface area contributed by atoms with Gasteiger partial charge in [0.25, 0.3) is 10.0 Å². The highest BCUT2D eigenvalue weighted by molar-refractivity contribution is 7.91. The molecule has 0 spiro atoms. The minimum absolute atomic E-state index is 0.0547. The first kappa shape index (κ1) is 14.0. The lowest BCUT2D eigenvalue weighted by molar-refractivity contribution is 0.285. The third-order valence-electron chi connectivity index (χ3n) is 3.38. The molecule has 0 aromatic carbocycles. The predicted octanol–water partition coefficient (Wildman–Crippen LogP) is 1.97. The number of rotatable bonds is 3. The fourth-order valence-electron chi connectivity index (χ4n) is 2.17. The van der Waals surface area contributed by atoms with Gasteiger partial charge in [-0.3, -0.25) is 0 Å². The molecule has 0 amide bonds. The van der Waals surface area contributed by atoms with Crippen LogP contribution in [0.3, 0.4) is 0 Å². The standard InChI is InChI=1S/C12H19NO3S2/c1-9-6-11(17-10(9)7-14)18(15,16)13-5-4-12(2,3)8-13/h6,14H,4-5,7-8H2,1-3H3. The molecule has 1 aromatic heterocycles. The summed E-state index contributed by atoms with van der Waals surface area (Å²) in [6.07, 6.45) is 0.892. The lowest BCUT2D eigenvalue weighted by atomic mass is 9.93. The second kappa shape index (κ2) is 4.59. The molecule has 4 nitrogen and oxygen atoms in total. The van der Waals surface area contributed by atoms with E-state index in [1.165, 1.54) is 11.3 Å². The van der Waals surface area contributed by atoms with Crippen LogP contribution in [0, 0.1) is 12.3 Å². The molecule has 0 aliphatic carbocycles. The Hall–Kier alpha value is -0.430. The summed E-state index contributed by atoms with van der Waals surface area (Å²) in [5, 5.41) is 9.15. The Bertz CT molecular complexity index is 546. The van der Waals surface area contributed by atoms with Crippen LogP contribution in [-0.2, 0) is 16.6 Å². The number of aryl methyl sites for hydroxylation is 1. The van der Waals surface area contributed by atoms with Gasteiger partial charge in [0, 0.05) is 18.0 Å². The summed E-state index contributed by atoms with van der Waals surface area (Å²) < 4.78 is 26.8. The summed E-state index contributed by atoms with van der Waals surface area (Å²) >= 11 is 1.17. The SMILES string of the molecule is Cc1cc(S(=O)(=O)N2CCC(C)(C)C2)sc1CO. The van der Waals surface area contributed by atoms with Gasteiger partial charge >= 0.3 is 0 Å². The van der Waals surface area contributed by atoms with Gasteiger partial charge in [-0.25, -0.2) is 8.42 Å². The van der Waals surface area contributed by atoms with Crippen molar-refractivity contribution in [3.05, 3.63) is 16.5 Å². The summed E-state index contributed by atoms with van der Waals surface area (Å²) in [6.45, 7) is 7.05. The average Bonchev–Trinajstić information content (AvgIpc) is 2.82. The molecule has 6 heteroatoms. The van der Waals surface area contributed by atoms with E-state index in [9.17, 15) is 8.42 Å². The minimum atomic E-state index is -3.38. The maximum absolute atomic E-state index is 12.5. The lowest BCUT2D eigenvalue weighted by Gasteiger charge is -2.18. The number of sulfonamides is 1. The summed E-state index contributed by atoms with van der Waals surface area (Å²) in [7, 11) is -3.38.